The molecule has 0 saturated carbocycles. The Morgan fingerprint density at radius 1 is 1.03 bits per heavy atom. The van der Waals surface area contributed by atoms with E-state index in [9.17, 15) is 13.2 Å². The van der Waals surface area contributed by atoms with Gasteiger partial charge in [-0.3, -0.25) is 4.79 Å². The molecule has 5 nitrogen and oxygen atoms in total. The number of sulfonamides is 1. The number of hydrogen-bond donors (Lipinski definition) is 1. The summed E-state index contributed by atoms with van der Waals surface area (Å²) in [5.74, 6) is -0.764. The molecule has 0 aliphatic heterocycles. The number of hydrogen-bond acceptors (Lipinski definition) is 4. The van der Waals surface area contributed by atoms with E-state index in [1.165, 1.54) is 28.5 Å². The largest absolute Gasteiger partial charge is 0.350 e. The second kappa shape index (κ2) is 9.75. The maximum absolute atomic E-state index is 12.5. The average Bonchev–Trinajstić information content (AvgIpc) is 3.36. The second-order valence-corrected chi connectivity index (χ2v) is 12.3. The van der Waals surface area contributed by atoms with Crippen LogP contribution in [0.15, 0.2) is 83.2 Å². The van der Waals surface area contributed by atoms with Gasteiger partial charge in [0.05, 0.1) is 5.02 Å². The summed E-state index contributed by atoms with van der Waals surface area (Å²) in [6, 6.07) is 21.7. The third kappa shape index (κ3) is 4.92. The Labute approximate surface area is 222 Å². The molecular formula is C27H20Cl2N2O3S2. The number of aromatic nitrogens is 1. The van der Waals surface area contributed by atoms with Crippen LogP contribution in [0.2, 0.25) is 9.36 Å². The number of carbonyl (C=O) groups is 1. The Morgan fingerprint density at radius 3 is 2.56 bits per heavy atom. The minimum atomic E-state index is -4.08. The van der Waals surface area contributed by atoms with E-state index < -0.39 is 15.9 Å². The van der Waals surface area contributed by atoms with Crippen LogP contribution in [0.25, 0.3) is 27.8 Å². The molecular weight excluding hydrogens is 535 g/mol. The maximum Gasteiger partial charge on any atom is 0.273 e. The van der Waals surface area contributed by atoms with Crippen LogP contribution in [-0.4, -0.2) is 18.9 Å². The van der Waals surface area contributed by atoms with Gasteiger partial charge < -0.3 is 4.57 Å². The fraction of sp³-hybridized carbons (Fsp3) is 0.0741. The molecule has 2 aromatic heterocycles. The first kappa shape index (κ1) is 24.6. The molecule has 0 aliphatic carbocycles. The molecule has 2 heterocycles. The minimum Gasteiger partial charge on any atom is -0.350 e. The molecule has 0 fully saturated rings. The van der Waals surface area contributed by atoms with Gasteiger partial charge in [0.25, 0.3) is 15.9 Å². The first-order chi connectivity index (χ1) is 17.2. The van der Waals surface area contributed by atoms with Crippen LogP contribution in [0, 0.1) is 0 Å². The summed E-state index contributed by atoms with van der Waals surface area (Å²) in [4.78, 5) is 12.5. The third-order valence-corrected chi connectivity index (χ3v) is 9.56. The summed E-state index contributed by atoms with van der Waals surface area (Å²) >= 11 is 12.5. The molecule has 0 spiro atoms. The van der Waals surface area contributed by atoms with Gasteiger partial charge in [-0.1, -0.05) is 77.8 Å². The van der Waals surface area contributed by atoms with Gasteiger partial charge in [0, 0.05) is 30.2 Å². The summed E-state index contributed by atoms with van der Waals surface area (Å²) < 4.78 is 29.1. The van der Waals surface area contributed by atoms with E-state index in [0.717, 1.165) is 33.4 Å². The van der Waals surface area contributed by atoms with Crippen LogP contribution in [0.4, 0.5) is 0 Å². The van der Waals surface area contributed by atoms with E-state index in [2.05, 4.69) is 41.1 Å². The van der Waals surface area contributed by atoms with Crippen molar-refractivity contribution in [2.75, 3.05) is 0 Å². The van der Waals surface area contributed by atoms with Gasteiger partial charge in [-0.05, 0) is 52.1 Å². The number of benzene rings is 3. The highest BCUT2D eigenvalue weighted by molar-refractivity contribution is 7.92. The lowest BCUT2D eigenvalue weighted by molar-refractivity contribution is -0.114. The third-order valence-electron chi connectivity index (χ3n) is 5.87. The van der Waals surface area contributed by atoms with Crippen molar-refractivity contribution in [2.45, 2.75) is 10.6 Å². The summed E-state index contributed by atoms with van der Waals surface area (Å²) in [5.41, 5.74) is 4.12. The smallest absolute Gasteiger partial charge is 0.273 e. The van der Waals surface area contributed by atoms with Crippen molar-refractivity contribution in [3.05, 3.63) is 105 Å². The Hall–Kier alpha value is -3.10. The van der Waals surface area contributed by atoms with Gasteiger partial charge >= 0.3 is 0 Å². The molecule has 0 aliphatic rings. The predicted octanol–water partition coefficient (Wildman–Crippen LogP) is 6.81. The van der Waals surface area contributed by atoms with Crippen molar-refractivity contribution >= 4 is 78.2 Å². The quantitative estimate of drug-likeness (QED) is 0.234. The number of nitrogens with zero attached hydrogens (tertiary/aromatic N) is 1. The highest BCUT2D eigenvalue weighted by Gasteiger charge is 2.21. The highest BCUT2D eigenvalue weighted by Crippen LogP contribution is 2.34. The Bertz CT molecular complexity index is 1750. The predicted molar refractivity (Wildman–Crippen MR) is 148 cm³/mol. The van der Waals surface area contributed by atoms with E-state index >= 15 is 0 Å². The Morgan fingerprint density at radius 2 is 1.81 bits per heavy atom. The Balaban J connectivity index is 1.43. The first-order valence-electron chi connectivity index (χ1n) is 11.0. The molecule has 0 saturated heterocycles. The van der Waals surface area contributed by atoms with E-state index in [-0.39, 0.29) is 13.6 Å². The molecule has 5 aromatic rings. The first-order valence-corrected chi connectivity index (χ1v) is 14.0. The van der Waals surface area contributed by atoms with Crippen molar-refractivity contribution in [1.82, 2.24) is 9.29 Å². The highest BCUT2D eigenvalue weighted by atomic mass is 35.5. The van der Waals surface area contributed by atoms with Gasteiger partial charge in [-0.2, -0.15) is 0 Å². The van der Waals surface area contributed by atoms with Gasteiger partial charge in [-0.25, -0.2) is 13.1 Å². The lowest BCUT2D eigenvalue weighted by Gasteiger charge is -2.06. The van der Waals surface area contributed by atoms with E-state index in [0.29, 0.717) is 6.42 Å². The van der Waals surface area contributed by atoms with Crippen LogP contribution in [0.3, 0.4) is 0 Å². The topological polar surface area (TPSA) is 68.2 Å². The number of nitrogens with one attached hydrogen (secondary N) is 1. The molecule has 36 heavy (non-hydrogen) atoms. The summed E-state index contributed by atoms with van der Waals surface area (Å²) in [7, 11) is -2.09. The van der Waals surface area contributed by atoms with Crippen LogP contribution >= 0.6 is 34.5 Å². The molecule has 182 valence electrons. The van der Waals surface area contributed by atoms with Crippen molar-refractivity contribution in [2.24, 2.45) is 7.05 Å². The molecule has 0 unspecified atom stereocenters. The Kier molecular flexibility index (Phi) is 6.66. The molecule has 5 rings (SSSR count). The van der Waals surface area contributed by atoms with Crippen molar-refractivity contribution in [1.29, 1.82) is 0 Å². The normalized spacial score (nSPS) is 12.1. The monoisotopic (exact) mass is 554 g/mol. The molecule has 0 atom stereocenters. The van der Waals surface area contributed by atoms with Gasteiger partial charge in [0.15, 0.2) is 0 Å². The standard InChI is InChI=1S/C27H20Cl2N2O3S2/c1-31-16-21(14-17-9-10-18-5-2-3-6-20(18)13-17)26-19(7-4-8-23(26)31)11-12-24(32)30-36(33,34)25-15-22(28)27(29)35-25/h2-13,15-16H,14H2,1H3,(H,30,32)/b12-11+. The zero-order valence-electron chi connectivity index (χ0n) is 19.0. The second-order valence-electron chi connectivity index (χ2n) is 8.36. The summed E-state index contributed by atoms with van der Waals surface area (Å²) in [6.07, 6.45) is 5.65. The van der Waals surface area contributed by atoms with Gasteiger partial charge in [0.1, 0.15) is 8.55 Å². The number of thiophene rings is 1. The summed E-state index contributed by atoms with van der Waals surface area (Å²) in [5, 5.41) is 3.51. The maximum atomic E-state index is 12.5. The molecule has 1 N–H and O–H groups in total. The van der Waals surface area contributed by atoms with Crippen LogP contribution in [-0.2, 0) is 28.3 Å². The van der Waals surface area contributed by atoms with E-state index in [1.54, 1.807) is 6.08 Å². The van der Waals surface area contributed by atoms with Crippen molar-refractivity contribution < 1.29 is 13.2 Å². The molecule has 9 heteroatoms. The lowest BCUT2D eigenvalue weighted by Crippen LogP contribution is -2.28. The zero-order chi connectivity index (χ0) is 25.4. The molecule has 3 aromatic carbocycles. The number of fused-ring (bicyclic) bond motifs is 2. The van der Waals surface area contributed by atoms with Gasteiger partial charge in [0.2, 0.25) is 0 Å². The average molecular weight is 556 g/mol. The number of halogens is 2. The number of amides is 1. The van der Waals surface area contributed by atoms with Crippen molar-refractivity contribution in [3.8, 4) is 0 Å². The molecule has 0 bridgehead atoms. The van der Waals surface area contributed by atoms with Crippen LogP contribution < -0.4 is 4.72 Å². The zero-order valence-corrected chi connectivity index (χ0v) is 22.2. The fourth-order valence-electron chi connectivity index (χ4n) is 4.25. The molecule has 1 amide bonds. The van der Waals surface area contributed by atoms with Gasteiger partial charge in [-0.15, -0.1) is 11.3 Å². The van der Waals surface area contributed by atoms with Crippen LogP contribution in [0.5, 0.6) is 0 Å². The molecule has 0 radical (unpaired) electrons. The van der Waals surface area contributed by atoms with E-state index in [4.69, 9.17) is 23.2 Å². The fourth-order valence-corrected chi connectivity index (χ4v) is 7.08. The lowest BCUT2D eigenvalue weighted by atomic mass is 9.98. The minimum absolute atomic E-state index is 0.123. The number of carbonyl (C=O) groups excluding carboxylic acids is 1. The SMILES string of the molecule is Cn1cc(Cc2ccc3ccccc3c2)c2c(/C=C/C(=O)NS(=O)(=O)c3cc(Cl)c(Cl)s3)cccc21. The van der Waals surface area contributed by atoms with Crippen molar-refractivity contribution in [3.63, 3.8) is 0 Å². The van der Waals surface area contributed by atoms with E-state index in [1.807, 2.05) is 42.1 Å². The summed E-state index contributed by atoms with van der Waals surface area (Å²) in [6.45, 7) is 0. The number of rotatable bonds is 6. The number of aryl methyl sites for hydroxylation is 1. The van der Waals surface area contributed by atoms with Crippen LogP contribution in [0.1, 0.15) is 16.7 Å².